The van der Waals surface area contributed by atoms with Gasteiger partial charge in [0.05, 0.1) is 18.1 Å². The van der Waals surface area contributed by atoms with Crippen LogP contribution < -0.4 is 10.2 Å². The smallest absolute Gasteiger partial charge is 0.336 e. The molecule has 0 saturated carbocycles. The molecule has 0 spiro atoms. The van der Waals surface area contributed by atoms with Crippen LogP contribution in [0.1, 0.15) is 43.2 Å². The summed E-state index contributed by atoms with van der Waals surface area (Å²) in [5.74, 6) is -1.16. The van der Waals surface area contributed by atoms with E-state index < -0.39 is 11.8 Å². The van der Waals surface area contributed by atoms with E-state index in [9.17, 15) is 9.59 Å². The molecule has 1 heterocycles. The van der Waals surface area contributed by atoms with Gasteiger partial charge in [-0.3, -0.25) is 4.79 Å². The van der Waals surface area contributed by atoms with Gasteiger partial charge < -0.3 is 15.0 Å². The predicted molar refractivity (Wildman–Crippen MR) is 131 cm³/mol. The molecular formula is C27H29ClN2O3. The first-order valence-electron chi connectivity index (χ1n) is 11.2. The van der Waals surface area contributed by atoms with Crippen molar-refractivity contribution in [2.75, 3.05) is 25.6 Å². The number of allylic oxidation sites excluding steroid dienone is 3. The second-order valence-corrected chi connectivity index (χ2v) is 9.21. The van der Waals surface area contributed by atoms with Gasteiger partial charge in [-0.2, -0.15) is 0 Å². The second-order valence-electron chi connectivity index (χ2n) is 8.78. The summed E-state index contributed by atoms with van der Waals surface area (Å²) >= 11 is 6.05. The molecule has 2 aromatic carbocycles. The first-order valence-corrected chi connectivity index (χ1v) is 11.6. The van der Waals surface area contributed by atoms with Gasteiger partial charge in [0.25, 0.3) is 0 Å². The quantitative estimate of drug-likeness (QED) is 0.617. The highest BCUT2D eigenvalue weighted by atomic mass is 35.5. The second kappa shape index (κ2) is 9.44. The number of halogens is 1. The number of esters is 1. The van der Waals surface area contributed by atoms with Gasteiger partial charge in [0.1, 0.15) is 5.78 Å². The molecule has 2 aliphatic rings. The van der Waals surface area contributed by atoms with Crippen molar-refractivity contribution in [1.29, 1.82) is 0 Å². The molecule has 33 heavy (non-hydrogen) atoms. The zero-order valence-corrected chi connectivity index (χ0v) is 20.1. The van der Waals surface area contributed by atoms with Crippen LogP contribution >= 0.6 is 11.6 Å². The highest BCUT2D eigenvalue weighted by Gasteiger charge is 2.44. The van der Waals surface area contributed by atoms with Crippen LogP contribution in [0.3, 0.4) is 0 Å². The van der Waals surface area contributed by atoms with Gasteiger partial charge in [0, 0.05) is 54.5 Å². The molecule has 0 saturated heterocycles. The van der Waals surface area contributed by atoms with Crippen LogP contribution in [0.2, 0.25) is 5.02 Å². The summed E-state index contributed by atoms with van der Waals surface area (Å²) in [6.45, 7) is 3.95. The molecule has 0 amide bonds. The summed E-state index contributed by atoms with van der Waals surface area (Å²) in [5.41, 5.74) is 5.12. The van der Waals surface area contributed by atoms with Crippen molar-refractivity contribution in [1.82, 2.24) is 5.32 Å². The van der Waals surface area contributed by atoms with E-state index in [0.717, 1.165) is 28.2 Å². The Bertz CT molecular complexity index is 1120. The molecule has 0 bridgehead atoms. The zero-order chi connectivity index (χ0) is 23.7. The number of hydrogen-bond donors (Lipinski definition) is 1. The third kappa shape index (κ3) is 4.55. The van der Waals surface area contributed by atoms with Gasteiger partial charge in [-0.25, -0.2) is 4.79 Å². The number of hydrogen-bond acceptors (Lipinski definition) is 5. The molecule has 0 fully saturated rings. The summed E-state index contributed by atoms with van der Waals surface area (Å²) in [7, 11) is 3.96. The SMILES string of the molecule is CCOC(=O)C1=C(C)NC2=CC(c3ccc(Cl)cc3)CC(=O)C2C1c1ccc(N(C)C)cc1. The Labute approximate surface area is 200 Å². The zero-order valence-electron chi connectivity index (χ0n) is 19.4. The lowest BCUT2D eigenvalue weighted by Crippen LogP contribution is -2.42. The van der Waals surface area contributed by atoms with Crippen molar-refractivity contribution in [3.05, 3.63) is 87.7 Å². The van der Waals surface area contributed by atoms with E-state index in [4.69, 9.17) is 16.3 Å². The van der Waals surface area contributed by atoms with Gasteiger partial charge in [-0.1, -0.05) is 41.9 Å². The normalized spacial score (nSPS) is 22.3. The summed E-state index contributed by atoms with van der Waals surface area (Å²) in [6.07, 6.45) is 2.50. The lowest BCUT2D eigenvalue weighted by Gasteiger charge is -2.39. The Morgan fingerprint density at radius 1 is 1.06 bits per heavy atom. The molecule has 0 radical (unpaired) electrons. The molecule has 3 unspecified atom stereocenters. The van der Waals surface area contributed by atoms with E-state index in [1.807, 2.05) is 74.4 Å². The summed E-state index contributed by atoms with van der Waals surface area (Å²) in [6, 6.07) is 15.7. The molecular weight excluding hydrogens is 436 g/mol. The molecule has 172 valence electrons. The van der Waals surface area contributed by atoms with Crippen LogP contribution in [-0.2, 0) is 14.3 Å². The number of benzene rings is 2. The first kappa shape index (κ1) is 23.1. The number of carbonyl (C=O) groups is 2. The van der Waals surface area contributed by atoms with Gasteiger partial charge in [-0.05, 0) is 49.2 Å². The maximum atomic E-state index is 13.6. The minimum absolute atomic E-state index is 0.0396. The fourth-order valence-corrected chi connectivity index (χ4v) is 4.94. The van der Waals surface area contributed by atoms with E-state index in [0.29, 0.717) is 17.0 Å². The molecule has 4 rings (SSSR count). The van der Waals surface area contributed by atoms with Gasteiger partial charge >= 0.3 is 5.97 Å². The minimum atomic E-state index is -0.457. The average Bonchev–Trinajstić information content (AvgIpc) is 2.78. The molecule has 1 aliphatic heterocycles. The Morgan fingerprint density at radius 3 is 2.30 bits per heavy atom. The molecule has 5 nitrogen and oxygen atoms in total. The number of Topliss-reactive ketones (excluding diaryl/α,β-unsaturated/α-hetero) is 1. The maximum absolute atomic E-state index is 13.6. The van der Waals surface area contributed by atoms with Gasteiger partial charge in [0.15, 0.2) is 0 Å². The number of carbonyl (C=O) groups excluding carboxylic acids is 2. The molecule has 1 N–H and O–H groups in total. The van der Waals surface area contributed by atoms with Crippen LogP contribution in [0.25, 0.3) is 0 Å². The summed E-state index contributed by atoms with van der Waals surface area (Å²) in [5, 5.41) is 4.03. The number of nitrogens with zero attached hydrogens (tertiary/aromatic N) is 1. The summed E-state index contributed by atoms with van der Waals surface area (Å²) < 4.78 is 5.39. The minimum Gasteiger partial charge on any atom is -0.463 e. The first-order chi connectivity index (χ1) is 15.8. The number of anilines is 1. The van der Waals surface area contributed by atoms with Gasteiger partial charge in [0.2, 0.25) is 0 Å². The topological polar surface area (TPSA) is 58.6 Å². The van der Waals surface area contributed by atoms with Crippen molar-refractivity contribution in [2.24, 2.45) is 5.92 Å². The predicted octanol–water partition coefficient (Wildman–Crippen LogP) is 5.19. The van der Waals surface area contributed by atoms with Crippen LogP contribution in [-0.4, -0.2) is 32.5 Å². The van der Waals surface area contributed by atoms with Crippen molar-refractivity contribution in [3.8, 4) is 0 Å². The van der Waals surface area contributed by atoms with Crippen LogP contribution in [0.4, 0.5) is 5.69 Å². The molecule has 3 atom stereocenters. The van der Waals surface area contributed by atoms with Crippen LogP contribution in [0, 0.1) is 5.92 Å². The van der Waals surface area contributed by atoms with E-state index in [-0.39, 0.29) is 24.3 Å². The molecule has 6 heteroatoms. The van der Waals surface area contributed by atoms with E-state index in [1.54, 1.807) is 6.92 Å². The van der Waals surface area contributed by atoms with E-state index in [1.165, 1.54) is 0 Å². The number of nitrogens with one attached hydrogen (secondary N) is 1. The molecule has 0 aromatic heterocycles. The van der Waals surface area contributed by atoms with Crippen molar-refractivity contribution < 1.29 is 14.3 Å². The van der Waals surface area contributed by atoms with E-state index >= 15 is 0 Å². The van der Waals surface area contributed by atoms with Crippen molar-refractivity contribution in [2.45, 2.75) is 32.1 Å². The average molecular weight is 465 g/mol. The Balaban J connectivity index is 1.80. The van der Waals surface area contributed by atoms with E-state index in [2.05, 4.69) is 11.4 Å². The third-order valence-corrected chi connectivity index (χ3v) is 6.68. The lowest BCUT2D eigenvalue weighted by atomic mass is 9.68. The highest BCUT2D eigenvalue weighted by Crippen LogP contribution is 2.46. The number of ketones is 1. The fourth-order valence-electron chi connectivity index (χ4n) is 4.82. The fraction of sp³-hybridized carbons (Fsp3) is 0.333. The third-order valence-electron chi connectivity index (χ3n) is 6.43. The summed E-state index contributed by atoms with van der Waals surface area (Å²) in [4.78, 5) is 28.6. The Morgan fingerprint density at radius 2 is 1.70 bits per heavy atom. The molecule has 1 aliphatic carbocycles. The van der Waals surface area contributed by atoms with Crippen molar-refractivity contribution >= 4 is 29.0 Å². The van der Waals surface area contributed by atoms with Crippen LogP contribution in [0.5, 0.6) is 0 Å². The Kier molecular flexibility index (Phi) is 6.61. The van der Waals surface area contributed by atoms with Gasteiger partial charge in [-0.15, -0.1) is 0 Å². The number of rotatable bonds is 5. The van der Waals surface area contributed by atoms with Crippen molar-refractivity contribution in [3.63, 3.8) is 0 Å². The highest BCUT2D eigenvalue weighted by molar-refractivity contribution is 6.30. The standard InChI is InChI=1S/C27H29ClN2O3/c1-5-33-27(32)24-16(2)29-22-14-19(17-6-10-20(28)11-7-17)15-23(31)26(22)25(24)18-8-12-21(13-9-18)30(3)4/h6-14,19,25-26,29H,5,15H2,1-4H3. The maximum Gasteiger partial charge on any atom is 0.336 e. The monoisotopic (exact) mass is 464 g/mol. The Hall–Kier alpha value is -3.05. The number of fused-ring (bicyclic) bond motifs is 1. The van der Waals surface area contributed by atoms with Crippen LogP contribution in [0.15, 0.2) is 71.6 Å². The lowest BCUT2D eigenvalue weighted by molar-refractivity contribution is -0.139. The molecule has 2 aromatic rings. The number of ether oxygens (including phenoxy) is 1. The largest absolute Gasteiger partial charge is 0.463 e.